The third-order valence-corrected chi connectivity index (χ3v) is 2.73. The first-order valence-corrected chi connectivity index (χ1v) is 4.55. The molecule has 0 radical (unpaired) electrons. The summed E-state index contributed by atoms with van der Waals surface area (Å²) < 4.78 is 18.4. The molecule has 1 unspecified atom stereocenters. The minimum absolute atomic E-state index is 0.0965. The average Bonchev–Trinajstić information content (AvgIpc) is 2.15. The van der Waals surface area contributed by atoms with Crippen molar-refractivity contribution in [2.24, 2.45) is 0 Å². The molecule has 0 spiro atoms. The molecule has 0 aliphatic carbocycles. The number of rotatable bonds is 2. The van der Waals surface area contributed by atoms with Crippen molar-refractivity contribution in [2.75, 3.05) is 6.61 Å². The fraction of sp³-hybridized carbons (Fsp3) is 0.364. The first kappa shape index (κ1) is 9.34. The summed E-state index contributed by atoms with van der Waals surface area (Å²) in [6.45, 7) is 2.67. The molecule has 0 amide bonds. The van der Waals surface area contributed by atoms with E-state index < -0.39 is 5.82 Å². The Kier molecular flexibility index (Phi) is 2.11. The summed E-state index contributed by atoms with van der Waals surface area (Å²) in [5.41, 5.74) is 0.636. The molecule has 1 saturated heterocycles. The van der Waals surface area contributed by atoms with Crippen LogP contribution in [0.1, 0.15) is 29.3 Å². The van der Waals surface area contributed by atoms with Crippen LogP contribution in [0.3, 0.4) is 0 Å². The number of aldehydes is 1. The van der Waals surface area contributed by atoms with Gasteiger partial charge in [0.1, 0.15) is 5.82 Å². The minimum atomic E-state index is -0.480. The number of halogens is 1. The Labute approximate surface area is 81.7 Å². The summed E-state index contributed by atoms with van der Waals surface area (Å²) in [6, 6.07) is 4.54. The van der Waals surface area contributed by atoms with E-state index in [1.165, 1.54) is 6.07 Å². The molecule has 0 saturated carbocycles. The molecule has 1 atom stereocenters. The fourth-order valence-electron chi connectivity index (χ4n) is 1.60. The quantitative estimate of drug-likeness (QED) is 0.675. The van der Waals surface area contributed by atoms with Crippen LogP contribution in [0.5, 0.6) is 0 Å². The predicted octanol–water partition coefficient (Wildman–Crippen LogP) is 2.27. The first-order valence-electron chi connectivity index (χ1n) is 4.55. The normalized spacial score (nSPS) is 25.6. The smallest absolute Gasteiger partial charge is 0.153 e. The molecule has 1 aliphatic rings. The third kappa shape index (κ3) is 1.34. The van der Waals surface area contributed by atoms with Crippen molar-refractivity contribution >= 4 is 6.29 Å². The SMILES string of the molecule is CC1(c2ccc(F)c(C=O)c2)CCO1. The van der Waals surface area contributed by atoms with E-state index in [1.54, 1.807) is 12.1 Å². The van der Waals surface area contributed by atoms with Gasteiger partial charge in [-0.05, 0) is 24.6 Å². The van der Waals surface area contributed by atoms with E-state index in [-0.39, 0.29) is 11.2 Å². The van der Waals surface area contributed by atoms with Crippen LogP contribution in [-0.2, 0) is 10.3 Å². The van der Waals surface area contributed by atoms with Gasteiger partial charge in [0, 0.05) is 6.42 Å². The maximum Gasteiger partial charge on any atom is 0.153 e. The van der Waals surface area contributed by atoms with E-state index in [4.69, 9.17) is 4.74 Å². The number of benzene rings is 1. The molecule has 2 nitrogen and oxygen atoms in total. The number of carbonyl (C=O) groups excluding carboxylic acids is 1. The molecule has 1 aliphatic heterocycles. The zero-order valence-electron chi connectivity index (χ0n) is 7.92. The largest absolute Gasteiger partial charge is 0.370 e. The van der Waals surface area contributed by atoms with Crippen molar-refractivity contribution in [3.63, 3.8) is 0 Å². The Morgan fingerprint density at radius 3 is 2.79 bits per heavy atom. The maximum atomic E-state index is 13.0. The molecule has 0 N–H and O–H groups in total. The Morgan fingerprint density at radius 2 is 2.29 bits per heavy atom. The molecule has 0 bridgehead atoms. The number of hydrogen-bond donors (Lipinski definition) is 0. The molecule has 1 aromatic rings. The van der Waals surface area contributed by atoms with Crippen LogP contribution in [0, 0.1) is 5.82 Å². The first-order chi connectivity index (χ1) is 6.65. The van der Waals surface area contributed by atoms with E-state index >= 15 is 0 Å². The highest BCUT2D eigenvalue weighted by molar-refractivity contribution is 5.75. The fourth-order valence-corrected chi connectivity index (χ4v) is 1.60. The van der Waals surface area contributed by atoms with Crippen LogP contribution < -0.4 is 0 Å². The van der Waals surface area contributed by atoms with Crippen molar-refractivity contribution in [2.45, 2.75) is 18.9 Å². The number of ether oxygens (including phenoxy) is 1. The van der Waals surface area contributed by atoms with Crippen molar-refractivity contribution in [3.8, 4) is 0 Å². The summed E-state index contributed by atoms with van der Waals surface area (Å²) >= 11 is 0. The van der Waals surface area contributed by atoms with Gasteiger partial charge in [0.2, 0.25) is 0 Å². The van der Waals surface area contributed by atoms with Gasteiger partial charge in [-0.25, -0.2) is 4.39 Å². The van der Waals surface area contributed by atoms with Gasteiger partial charge in [-0.15, -0.1) is 0 Å². The topological polar surface area (TPSA) is 26.3 Å². The van der Waals surface area contributed by atoms with Gasteiger partial charge in [-0.3, -0.25) is 4.79 Å². The molecule has 2 rings (SSSR count). The highest BCUT2D eigenvalue weighted by Gasteiger charge is 2.35. The van der Waals surface area contributed by atoms with E-state index in [0.717, 1.165) is 18.6 Å². The van der Waals surface area contributed by atoms with E-state index in [0.29, 0.717) is 6.29 Å². The molecule has 14 heavy (non-hydrogen) atoms. The lowest BCUT2D eigenvalue weighted by atomic mass is 9.88. The van der Waals surface area contributed by atoms with Crippen LogP contribution in [0.15, 0.2) is 18.2 Å². The van der Waals surface area contributed by atoms with Crippen LogP contribution in [0.2, 0.25) is 0 Å². The molecule has 0 aromatic heterocycles. The zero-order chi connectivity index (χ0) is 10.2. The lowest BCUT2D eigenvalue weighted by Crippen LogP contribution is -2.37. The minimum Gasteiger partial charge on any atom is -0.370 e. The van der Waals surface area contributed by atoms with Gasteiger partial charge >= 0.3 is 0 Å². The summed E-state index contributed by atoms with van der Waals surface area (Å²) in [5.74, 6) is -0.480. The summed E-state index contributed by atoms with van der Waals surface area (Å²) in [6.07, 6.45) is 1.44. The Balaban J connectivity index is 2.40. The van der Waals surface area contributed by atoms with Crippen molar-refractivity contribution in [1.82, 2.24) is 0 Å². The molecule has 1 heterocycles. The van der Waals surface area contributed by atoms with Crippen molar-refractivity contribution in [1.29, 1.82) is 0 Å². The Morgan fingerprint density at radius 1 is 1.57 bits per heavy atom. The monoisotopic (exact) mass is 194 g/mol. The van der Waals surface area contributed by atoms with Gasteiger partial charge in [0.15, 0.2) is 6.29 Å². The molecule has 1 fully saturated rings. The maximum absolute atomic E-state index is 13.0. The lowest BCUT2D eigenvalue weighted by Gasteiger charge is -2.39. The van der Waals surface area contributed by atoms with Crippen LogP contribution >= 0.6 is 0 Å². The molecular formula is C11H11FO2. The Hall–Kier alpha value is -1.22. The second-order valence-electron chi connectivity index (χ2n) is 3.68. The molecular weight excluding hydrogens is 183 g/mol. The van der Waals surface area contributed by atoms with Crippen LogP contribution in [0.25, 0.3) is 0 Å². The van der Waals surface area contributed by atoms with Gasteiger partial charge in [0.05, 0.1) is 17.8 Å². The zero-order valence-corrected chi connectivity index (χ0v) is 7.92. The standard InChI is InChI=1S/C11H11FO2/c1-11(4-5-14-11)9-2-3-10(12)8(6-9)7-13/h2-3,6-7H,4-5H2,1H3. The number of carbonyl (C=O) groups is 1. The van der Waals surface area contributed by atoms with Gasteiger partial charge in [0.25, 0.3) is 0 Å². The van der Waals surface area contributed by atoms with Gasteiger partial charge in [-0.2, -0.15) is 0 Å². The van der Waals surface area contributed by atoms with Crippen LogP contribution in [0.4, 0.5) is 4.39 Å². The molecule has 3 heteroatoms. The predicted molar refractivity (Wildman–Crippen MR) is 49.7 cm³/mol. The second kappa shape index (κ2) is 3.17. The number of hydrogen-bond acceptors (Lipinski definition) is 2. The lowest BCUT2D eigenvalue weighted by molar-refractivity contribution is -0.140. The van der Waals surface area contributed by atoms with E-state index in [2.05, 4.69) is 0 Å². The van der Waals surface area contributed by atoms with Gasteiger partial charge in [-0.1, -0.05) is 6.07 Å². The summed E-state index contributed by atoms with van der Waals surface area (Å²) in [4.78, 5) is 10.5. The van der Waals surface area contributed by atoms with Crippen molar-refractivity contribution < 1.29 is 13.9 Å². The highest BCUT2D eigenvalue weighted by atomic mass is 19.1. The summed E-state index contributed by atoms with van der Waals surface area (Å²) in [7, 11) is 0. The molecule has 74 valence electrons. The average molecular weight is 194 g/mol. The van der Waals surface area contributed by atoms with Crippen molar-refractivity contribution in [3.05, 3.63) is 35.1 Å². The third-order valence-electron chi connectivity index (χ3n) is 2.73. The molecule has 1 aromatic carbocycles. The Bertz CT molecular complexity index is 370. The van der Waals surface area contributed by atoms with E-state index in [9.17, 15) is 9.18 Å². The highest BCUT2D eigenvalue weighted by Crippen LogP contribution is 2.37. The van der Waals surface area contributed by atoms with Gasteiger partial charge < -0.3 is 4.74 Å². The second-order valence-corrected chi connectivity index (χ2v) is 3.68. The summed E-state index contributed by atoms with van der Waals surface area (Å²) in [5, 5.41) is 0. The van der Waals surface area contributed by atoms with Crippen LogP contribution in [-0.4, -0.2) is 12.9 Å². The van der Waals surface area contributed by atoms with E-state index in [1.807, 2.05) is 6.92 Å².